The number of halogens is 1. The van der Waals surface area contributed by atoms with Gasteiger partial charge in [0.05, 0.1) is 19.8 Å². The van der Waals surface area contributed by atoms with Gasteiger partial charge in [-0.25, -0.2) is 4.99 Å². The number of rotatable bonds is 3. The summed E-state index contributed by atoms with van der Waals surface area (Å²) in [7, 11) is 0. The third kappa shape index (κ3) is 2.70. The van der Waals surface area contributed by atoms with Crippen molar-refractivity contribution >= 4 is 29.4 Å². The number of benzene rings is 1. The van der Waals surface area contributed by atoms with Gasteiger partial charge in [0, 0.05) is 23.8 Å². The summed E-state index contributed by atoms with van der Waals surface area (Å²) in [6, 6.07) is 7.48. The van der Waals surface area contributed by atoms with Crippen LogP contribution in [0.2, 0.25) is 5.02 Å². The summed E-state index contributed by atoms with van der Waals surface area (Å²) >= 11 is 6.02. The maximum atomic E-state index is 11.3. The molecule has 5 nitrogen and oxygen atoms in total. The van der Waals surface area contributed by atoms with Crippen molar-refractivity contribution in [3.63, 3.8) is 0 Å². The number of carbonyl (C=O) groups is 1. The molecule has 0 amide bonds. The molecule has 0 bridgehead atoms. The van der Waals surface area contributed by atoms with Gasteiger partial charge in [0.15, 0.2) is 12.1 Å². The molecular weight excluding hydrogens is 278 g/mol. The predicted octanol–water partition coefficient (Wildman–Crippen LogP) is 1.42. The van der Waals surface area contributed by atoms with Crippen molar-refractivity contribution in [2.75, 3.05) is 37.7 Å². The molecule has 0 spiro atoms. The van der Waals surface area contributed by atoms with Crippen LogP contribution in [0.1, 0.15) is 0 Å². The van der Waals surface area contributed by atoms with Crippen LogP contribution in [0.15, 0.2) is 29.3 Å². The lowest BCUT2D eigenvalue weighted by Gasteiger charge is -2.30. The number of aldehydes is 1. The van der Waals surface area contributed by atoms with Gasteiger partial charge in [0.2, 0.25) is 0 Å². The minimum absolute atomic E-state index is 0.0121. The quantitative estimate of drug-likeness (QED) is 0.791. The molecule has 106 valence electrons. The van der Waals surface area contributed by atoms with Crippen molar-refractivity contribution in [3.05, 3.63) is 29.3 Å². The first-order valence-electron chi connectivity index (χ1n) is 6.66. The van der Waals surface area contributed by atoms with Crippen LogP contribution in [0.5, 0.6) is 0 Å². The zero-order chi connectivity index (χ0) is 13.9. The molecule has 2 aliphatic rings. The Morgan fingerprint density at radius 1 is 1.35 bits per heavy atom. The lowest BCUT2D eigenvalue weighted by molar-refractivity contribution is -0.102. The maximum absolute atomic E-state index is 11.3. The molecule has 2 heterocycles. The first-order valence-corrected chi connectivity index (χ1v) is 7.03. The van der Waals surface area contributed by atoms with Crippen LogP contribution in [0.25, 0.3) is 0 Å². The molecule has 20 heavy (non-hydrogen) atoms. The van der Waals surface area contributed by atoms with E-state index < -0.39 is 0 Å². The molecule has 3 rings (SSSR count). The fourth-order valence-electron chi connectivity index (χ4n) is 2.57. The number of ether oxygens (including phenoxy) is 1. The van der Waals surface area contributed by atoms with Gasteiger partial charge in [-0.2, -0.15) is 0 Å². The van der Waals surface area contributed by atoms with Crippen LogP contribution in [-0.2, 0) is 9.53 Å². The zero-order valence-electron chi connectivity index (χ0n) is 11.0. The summed E-state index contributed by atoms with van der Waals surface area (Å²) in [5.41, 5.74) is 0.902. The summed E-state index contributed by atoms with van der Waals surface area (Å²) < 4.78 is 5.35. The average molecular weight is 294 g/mol. The van der Waals surface area contributed by atoms with Crippen molar-refractivity contribution in [1.82, 2.24) is 4.90 Å². The Hall–Kier alpha value is -1.43. The van der Waals surface area contributed by atoms with Crippen LogP contribution < -0.4 is 4.90 Å². The lowest BCUT2D eigenvalue weighted by Crippen LogP contribution is -2.45. The Bertz CT molecular complexity index is 529. The molecule has 0 N–H and O–H groups in total. The normalized spacial score (nSPS) is 23.8. The summed E-state index contributed by atoms with van der Waals surface area (Å²) in [5, 5.41) is 0.655. The first-order chi connectivity index (χ1) is 9.78. The van der Waals surface area contributed by atoms with Gasteiger partial charge in [-0.1, -0.05) is 17.7 Å². The van der Waals surface area contributed by atoms with E-state index in [-0.39, 0.29) is 6.17 Å². The molecule has 0 radical (unpaired) electrons. The van der Waals surface area contributed by atoms with Gasteiger partial charge in [0.25, 0.3) is 0 Å². The topological polar surface area (TPSA) is 45.1 Å². The monoisotopic (exact) mass is 293 g/mol. The van der Waals surface area contributed by atoms with Crippen molar-refractivity contribution < 1.29 is 9.53 Å². The van der Waals surface area contributed by atoms with E-state index in [2.05, 4.69) is 9.89 Å². The van der Waals surface area contributed by atoms with E-state index >= 15 is 0 Å². The molecule has 0 aromatic heterocycles. The minimum atomic E-state index is 0.0121. The number of nitrogens with zero attached hydrogens (tertiary/aromatic N) is 3. The van der Waals surface area contributed by atoms with Gasteiger partial charge in [-0.05, 0) is 18.2 Å². The molecule has 6 heteroatoms. The molecular formula is C14H16ClN3O2. The third-order valence-electron chi connectivity index (χ3n) is 3.60. The standard InChI is InChI=1S/C14H16ClN3O2/c15-11-2-1-3-12(8-11)18-9-13(16-14(18)10-19)17-4-6-20-7-5-17/h1-3,8,10,13H,4-7,9H2. The highest BCUT2D eigenvalue weighted by atomic mass is 35.5. The van der Waals surface area contributed by atoms with E-state index in [1.165, 1.54) is 0 Å². The highest BCUT2D eigenvalue weighted by Gasteiger charge is 2.31. The van der Waals surface area contributed by atoms with Crippen molar-refractivity contribution in [3.8, 4) is 0 Å². The fourth-order valence-corrected chi connectivity index (χ4v) is 2.75. The van der Waals surface area contributed by atoms with E-state index in [1.54, 1.807) is 0 Å². The number of carbonyl (C=O) groups excluding carboxylic acids is 1. The number of anilines is 1. The number of amidine groups is 1. The smallest absolute Gasteiger partial charge is 0.185 e. The van der Waals surface area contributed by atoms with E-state index in [4.69, 9.17) is 16.3 Å². The summed E-state index contributed by atoms with van der Waals surface area (Å²) in [4.78, 5) is 19.9. The fraction of sp³-hybridized carbons (Fsp3) is 0.429. The second-order valence-corrected chi connectivity index (χ2v) is 5.26. The summed E-state index contributed by atoms with van der Waals surface area (Å²) in [6.07, 6.45) is 0.819. The second-order valence-electron chi connectivity index (χ2n) is 4.82. The summed E-state index contributed by atoms with van der Waals surface area (Å²) in [5.74, 6) is 0.462. The van der Waals surface area contributed by atoms with E-state index in [0.29, 0.717) is 17.4 Å². The van der Waals surface area contributed by atoms with Crippen LogP contribution in [0, 0.1) is 0 Å². The average Bonchev–Trinajstić information content (AvgIpc) is 2.92. The number of aliphatic imine (C=N–C) groups is 1. The van der Waals surface area contributed by atoms with E-state index in [9.17, 15) is 4.79 Å². The minimum Gasteiger partial charge on any atom is -0.379 e. The lowest BCUT2D eigenvalue weighted by atomic mass is 10.2. The van der Waals surface area contributed by atoms with Crippen molar-refractivity contribution in [2.24, 2.45) is 4.99 Å². The van der Waals surface area contributed by atoms with Gasteiger partial charge in [-0.3, -0.25) is 9.69 Å². The molecule has 1 aromatic carbocycles. The first kappa shape index (κ1) is 13.5. The van der Waals surface area contributed by atoms with Crippen LogP contribution in [0.4, 0.5) is 5.69 Å². The largest absolute Gasteiger partial charge is 0.379 e. The predicted molar refractivity (Wildman–Crippen MR) is 78.5 cm³/mol. The Morgan fingerprint density at radius 2 is 2.15 bits per heavy atom. The highest BCUT2D eigenvalue weighted by Crippen LogP contribution is 2.24. The number of hydrogen-bond donors (Lipinski definition) is 0. The molecule has 2 aliphatic heterocycles. The van der Waals surface area contributed by atoms with Crippen LogP contribution >= 0.6 is 11.6 Å². The van der Waals surface area contributed by atoms with Crippen molar-refractivity contribution in [1.29, 1.82) is 0 Å². The Balaban J connectivity index is 1.80. The maximum Gasteiger partial charge on any atom is 0.185 e. The molecule has 1 unspecified atom stereocenters. The highest BCUT2D eigenvalue weighted by molar-refractivity contribution is 6.35. The molecule has 1 aromatic rings. The zero-order valence-corrected chi connectivity index (χ0v) is 11.8. The third-order valence-corrected chi connectivity index (χ3v) is 3.83. The van der Waals surface area contributed by atoms with Gasteiger partial charge < -0.3 is 9.64 Å². The van der Waals surface area contributed by atoms with Gasteiger partial charge in [-0.15, -0.1) is 0 Å². The Kier molecular flexibility index (Phi) is 4.00. The van der Waals surface area contributed by atoms with Crippen molar-refractivity contribution in [2.45, 2.75) is 6.17 Å². The van der Waals surface area contributed by atoms with Crippen LogP contribution in [0.3, 0.4) is 0 Å². The molecule has 1 fully saturated rings. The summed E-state index contributed by atoms with van der Waals surface area (Å²) in [6.45, 7) is 3.82. The van der Waals surface area contributed by atoms with Gasteiger partial charge >= 0.3 is 0 Å². The Labute approximate surface area is 122 Å². The number of hydrogen-bond acceptors (Lipinski definition) is 5. The molecule has 0 saturated carbocycles. The van der Waals surface area contributed by atoms with E-state index in [1.807, 2.05) is 29.2 Å². The molecule has 1 atom stereocenters. The number of morpholine rings is 1. The van der Waals surface area contributed by atoms with E-state index in [0.717, 1.165) is 38.3 Å². The second kappa shape index (κ2) is 5.91. The molecule has 1 saturated heterocycles. The van der Waals surface area contributed by atoms with Crippen LogP contribution in [-0.4, -0.2) is 56.0 Å². The molecule has 0 aliphatic carbocycles. The Morgan fingerprint density at radius 3 is 2.85 bits per heavy atom. The SMILES string of the molecule is O=CC1=NC(N2CCOCC2)CN1c1cccc(Cl)c1. The van der Waals surface area contributed by atoms with Gasteiger partial charge in [0.1, 0.15) is 6.17 Å².